The predicted octanol–water partition coefficient (Wildman–Crippen LogP) is 1.25. The lowest BCUT2D eigenvalue weighted by molar-refractivity contribution is 0.652. The van der Waals surface area contributed by atoms with Crippen LogP contribution < -0.4 is 0 Å². The van der Waals surface area contributed by atoms with Crippen molar-refractivity contribution < 1.29 is 8.22 Å². The average Bonchev–Trinajstić information content (AvgIpc) is 1.61. The summed E-state index contributed by atoms with van der Waals surface area (Å²) in [4.78, 5) is 0. The van der Waals surface area contributed by atoms with Crippen LogP contribution in [0.2, 0.25) is 0 Å². The maximum Gasteiger partial charge on any atom is 0.0273 e. The van der Waals surface area contributed by atoms with Crippen molar-refractivity contribution >= 4 is 0 Å². The molecule has 1 saturated carbocycles. The molecule has 0 N–H and O–H groups in total. The molecule has 22 valence electrons. The van der Waals surface area contributed by atoms with Crippen molar-refractivity contribution in [1.29, 1.82) is 0 Å². The molecule has 0 heterocycles. The van der Waals surface area contributed by atoms with Gasteiger partial charge in [0.1, 0.15) is 0 Å². The summed E-state index contributed by atoms with van der Waals surface area (Å²) < 4.78 is 41.3. The fraction of sp³-hybridized carbons (Fsp3) is 0.750. The van der Waals surface area contributed by atoms with Gasteiger partial charge in [-0.25, -0.2) is 0 Å². The van der Waals surface area contributed by atoms with E-state index >= 15 is 0 Å². The zero-order valence-corrected chi connectivity index (χ0v) is 2.00. The van der Waals surface area contributed by atoms with Gasteiger partial charge in [-0.2, -0.15) is 0 Å². The molecule has 4 heavy (non-hydrogen) atoms. The smallest absolute Gasteiger partial charge is 0.0273 e. The van der Waals surface area contributed by atoms with Crippen LogP contribution in [0.25, 0.3) is 0 Å². The predicted molar refractivity (Wildman–Crippen MR) is 17.1 cm³/mol. The first kappa shape index (κ1) is 0.360. The quantitative estimate of drug-likeness (QED) is 0.394. The SMILES string of the molecule is [2H]C1([2H])[C]C([2H])([2H])C1([2H])[2H]. The molecule has 0 atom stereocenters. The van der Waals surface area contributed by atoms with Gasteiger partial charge >= 0.3 is 0 Å². The van der Waals surface area contributed by atoms with Crippen molar-refractivity contribution in [2.45, 2.75) is 19.1 Å². The van der Waals surface area contributed by atoms with E-state index in [1.165, 1.54) is 0 Å². The van der Waals surface area contributed by atoms with Crippen LogP contribution in [-0.2, 0) is 0 Å². The van der Waals surface area contributed by atoms with Gasteiger partial charge in [-0.3, -0.25) is 0 Å². The van der Waals surface area contributed by atoms with Crippen LogP contribution in [0.5, 0.6) is 0 Å². The number of hydrogen-bond donors (Lipinski definition) is 0. The maximum atomic E-state index is 6.93. The minimum absolute atomic E-state index is 1.84. The van der Waals surface area contributed by atoms with Crippen LogP contribution in [0.15, 0.2) is 0 Å². The van der Waals surface area contributed by atoms with Crippen LogP contribution in [-0.4, -0.2) is 0 Å². The Balaban J connectivity index is 2.85. The van der Waals surface area contributed by atoms with E-state index in [0.29, 0.717) is 0 Å². The minimum atomic E-state index is -2.43. The van der Waals surface area contributed by atoms with E-state index < -0.39 is 19.1 Å². The Labute approximate surface area is 35.3 Å². The molecule has 0 aromatic heterocycles. The Hall–Kier alpha value is 0. The lowest BCUT2D eigenvalue weighted by atomic mass is 10.0. The third-order valence-electron chi connectivity index (χ3n) is 0.250. The normalized spacial score (nSPS) is 84.0. The molecule has 1 aliphatic rings. The highest BCUT2D eigenvalue weighted by molar-refractivity contribution is 4.74. The van der Waals surface area contributed by atoms with Crippen molar-refractivity contribution in [1.82, 2.24) is 0 Å². The zero-order chi connectivity index (χ0) is 8.21. The summed E-state index contributed by atoms with van der Waals surface area (Å²) in [6.07, 6.45) is -5.07. The Morgan fingerprint density at radius 2 is 2.50 bits per heavy atom. The van der Waals surface area contributed by atoms with Gasteiger partial charge in [0.2, 0.25) is 0 Å². The van der Waals surface area contributed by atoms with Crippen molar-refractivity contribution in [3.63, 3.8) is 0 Å². The summed E-state index contributed by atoms with van der Waals surface area (Å²) in [7, 11) is 0. The molecule has 1 aliphatic carbocycles. The third-order valence-corrected chi connectivity index (χ3v) is 0.250. The number of hydrogen-bond acceptors (Lipinski definition) is 0. The van der Waals surface area contributed by atoms with Gasteiger partial charge in [-0.15, -0.1) is 0 Å². The summed E-state index contributed by atoms with van der Waals surface area (Å²) >= 11 is 0. The van der Waals surface area contributed by atoms with E-state index in [2.05, 4.69) is 0 Å². The highest BCUT2D eigenvalue weighted by Crippen LogP contribution is 2.13. The largest absolute Gasteiger partial charge is 0.0522 e. The van der Waals surface area contributed by atoms with Gasteiger partial charge in [0.05, 0.1) is 0 Å². The first-order valence-electron chi connectivity index (χ1n) is 4.00. The molecule has 0 spiro atoms. The lowest BCUT2D eigenvalue weighted by Gasteiger charge is -2.04. The first-order chi connectivity index (χ1) is 4.21. The maximum absolute atomic E-state index is 6.93. The summed E-state index contributed by atoms with van der Waals surface area (Å²) in [6.45, 7) is 0. The van der Waals surface area contributed by atoms with E-state index in [4.69, 9.17) is 8.22 Å². The van der Waals surface area contributed by atoms with Gasteiger partial charge in [0.15, 0.2) is 0 Å². The highest BCUT2D eigenvalue weighted by Gasteiger charge is 1.96. The van der Waals surface area contributed by atoms with Crippen LogP contribution in [0.3, 0.4) is 0 Å². The van der Waals surface area contributed by atoms with E-state index in [0.717, 1.165) is 0 Å². The molecule has 0 bridgehead atoms. The van der Waals surface area contributed by atoms with E-state index in [9.17, 15) is 0 Å². The van der Waals surface area contributed by atoms with Gasteiger partial charge in [0.25, 0.3) is 0 Å². The second-order valence-electron chi connectivity index (χ2n) is 0.500. The molecule has 0 aromatic carbocycles. The summed E-state index contributed by atoms with van der Waals surface area (Å²) in [6, 6.07) is 0. The molecule has 0 unspecified atom stereocenters. The van der Waals surface area contributed by atoms with E-state index in [-0.39, 0.29) is 0 Å². The van der Waals surface area contributed by atoms with Crippen molar-refractivity contribution in [3.8, 4) is 0 Å². The molecule has 2 radical (unpaired) electrons. The zero-order valence-electron chi connectivity index (χ0n) is 8.00. The van der Waals surface area contributed by atoms with Crippen LogP contribution in [0, 0.1) is 6.42 Å². The standard InChI is InChI=1S/C4H6/c1-2-4-3-1/h1-3H2/i1D2,2D2,3D2. The molecule has 0 amide bonds. The summed E-state index contributed by atoms with van der Waals surface area (Å²) in [5.74, 6) is 0. The highest BCUT2D eigenvalue weighted by atomic mass is 14.0. The molecule has 0 aromatic rings. The van der Waals surface area contributed by atoms with Crippen molar-refractivity contribution in [2.75, 3.05) is 0 Å². The molecule has 0 nitrogen and oxygen atoms in total. The van der Waals surface area contributed by atoms with Gasteiger partial charge in [-0.1, -0.05) is 6.37 Å². The molecule has 0 heteroatoms. The van der Waals surface area contributed by atoms with Crippen molar-refractivity contribution in [2.24, 2.45) is 0 Å². The molecule has 0 saturated heterocycles. The lowest BCUT2D eigenvalue weighted by Crippen LogP contribution is -1.87. The Kier molecular flexibility index (Phi) is 0.0675. The summed E-state index contributed by atoms with van der Waals surface area (Å²) in [5, 5.41) is 0. The third kappa shape index (κ3) is 0.125. The Bertz CT molecular complexity index is 143. The number of rotatable bonds is 0. The molecular weight excluding hydrogens is 48.0 g/mol. The second kappa shape index (κ2) is 0.750. The Morgan fingerprint density at radius 3 is 2.50 bits per heavy atom. The van der Waals surface area contributed by atoms with Gasteiger partial charge in [0, 0.05) is 8.22 Å². The molecular formula is C4H6. The van der Waals surface area contributed by atoms with Crippen LogP contribution in [0.1, 0.15) is 27.3 Å². The van der Waals surface area contributed by atoms with Gasteiger partial charge < -0.3 is 0 Å². The van der Waals surface area contributed by atoms with Crippen LogP contribution in [0.4, 0.5) is 0 Å². The van der Waals surface area contributed by atoms with Crippen LogP contribution >= 0.6 is 0 Å². The monoisotopic (exact) mass is 60.1 g/mol. The van der Waals surface area contributed by atoms with E-state index in [1.54, 1.807) is 0 Å². The molecule has 0 aliphatic heterocycles. The van der Waals surface area contributed by atoms with Gasteiger partial charge in [-0.05, 0) is 19.2 Å². The topological polar surface area (TPSA) is 0 Å². The minimum Gasteiger partial charge on any atom is -0.0522 e. The molecule has 1 fully saturated rings. The first-order valence-corrected chi connectivity index (χ1v) is 1.00. The fourth-order valence-corrected chi connectivity index (χ4v) is 0.0625. The average molecular weight is 60.1 g/mol. The van der Waals surface area contributed by atoms with E-state index in [1.807, 2.05) is 6.42 Å². The molecule has 1 rings (SSSR count). The summed E-state index contributed by atoms with van der Waals surface area (Å²) in [5.41, 5.74) is 0. The Morgan fingerprint density at radius 1 is 1.75 bits per heavy atom. The fourth-order valence-electron chi connectivity index (χ4n) is 0.0625. The van der Waals surface area contributed by atoms with Crippen molar-refractivity contribution in [3.05, 3.63) is 6.42 Å². The second-order valence-corrected chi connectivity index (χ2v) is 0.500.